The van der Waals surface area contributed by atoms with E-state index in [1.807, 2.05) is 0 Å². The number of aliphatic carboxylic acids is 1. The third-order valence-corrected chi connectivity index (χ3v) is 7.98. The third-order valence-electron chi connectivity index (χ3n) is 7.98. The normalized spacial score (nSPS) is 31.8. The van der Waals surface area contributed by atoms with Crippen LogP contribution in [0.25, 0.3) is 0 Å². The van der Waals surface area contributed by atoms with Gasteiger partial charge in [0.25, 0.3) is 0 Å². The Bertz CT molecular complexity index is 826. The summed E-state index contributed by atoms with van der Waals surface area (Å²) < 4.78 is 50.5. The van der Waals surface area contributed by atoms with Crippen molar-refractivity contribution < 1.29 is 32.5 Å². The van der Waals surface area contributed by atoms with Crippen LogP contribution in [0.1, 0.15) is 49.1 Å². The molecule has 1 aliphatic carbocycles. The van der Waals surface area contributed by atoms with Gasteiger partial charge in [0.2, 0.25) is 0 Å². The van der Waals surface area contributed by atoms with E-state index < -0.39 is 17.7 Å². The minimum absolute atomic E-state index is 0.0181. The average Bonchev–Trinajstić information content (AvgIpc) is 2.70. The number of carboxylic acids is 1. The van der Waals surface area contributed by atoms with E-state index in [1.165, 1.54) is 0 Å². The zero-order chi connectivity index (χ0) is 22.6. The molecule has 4 fully saturated rings. The summed E-state index contributed by atoms with van der Waals surface area (Å²) in [6, 6.07) is 5.69. The summed E-state index contributed by atoms with van der Waals surface area (Å²) in [6.07, 6.45) is -0.771. The lowest BCUT2D eigenvalue weighted by atomic mass is 9.63. The van der Waals surface area contributed by atoms with E-state index in [4.69, 9.17) is 9.47 Å². The summed E-state index contributed by atoms with van der Waals surface area (Å²) in [7, 11) is 0. The van der Waals surface area contributed by atoms with Gasteiger partial charge in [-0.1, -0.05) is 12.1 Å². The molecule has 2 spiro atoms. The van der Waals surface area contributed by atoms with Crippen LogP contribution >= 0.6 is 0 Å². The minimum Gasteiger partial charge on any atom is -0.481 e. The van der Waals surface area contributed by atoms with Crippen molar-refractivity contribution in [2.24, 2.45) is 16.7 Å². The lowest BCUT2D eigenvalue weighted by Crippen LogP contribution is -2.67. The van der Waals surface area contributed by atoms with Crippen LogP contribution in [0, 0.1) is 16.7 Å². The molecular weight excluding hydrogens is 423 g/mol. The van der Waals surface area contributed by atoms with E-state index in [9.17, 15) is 23.1 Å². The second kappa shape index (κ2) is 7.99. The fourth-order valence-electron chi connectivity index (χ4n) is 6.62. The van der Waals surface area contributed by atoms with Crippen molar-refractivity contribution in [2.75, 3.05) is 39.5 Å². The number of carboxylic acid groups (broad SMARTS) is 1. The number of benzene rings is 1. The highest BCUT2D eigenvalue weighted by Gasteiger charge is 2.56. The molecule has 1 saturated carbocycles. The monoisotopic (exact) mass is 453 g/mol. The van der Waals surface area contributed by atoms with Gasteiger partial charge >= 0.3 is 12.1 Å². The quantitative estimate of drug-likeness (QED) is 0.742. The largest absolute Gasteiger partial charge is 0.481 e. The molecule has 1 aromatic rings. The van der Waals surface area contributed by atoms with Gasteiger partial charge in [0.1, 0.15) is 0 Å². The van der Waals surface area contributed by atoms with Gasteiger partial charge in [0, 0.05) is 36.4 Å². The molecule has 1 N–H and O–H groups in total. The molecule has 0 amide bonds. The van der Waals surface area contributed by atoms with E-state index in [0.29, 0.717) is 6.42 Å². The van der Waals surface area contributed by atoms with Gasteiger partial charge in [-0.05, 0) is 55.2 Å². The molecule has 0 unspecified atom stereocenters. The predicted octanol–water partition coefficient (Wildman–Crippen LogP) is 4.17. The number of alkyl halides is 3. The number of likely N-dealkylation sites (tertiary alicyclic amines) is 1. The van der Waals surface area contributed by atoms with Gasteiger partial charge < -0.3 is 14.6 Å². The van der Waals surface area contributed by atoms with Crippen molar-refractivity contribution in [3.05, 3.63) is 35.4 Å². The van der Waals surface area contributed by atoms with E-state index in [0.717, 1.165) is 76.5 Å². The summed E-state index contributed by atoms with van der Waals surface area (Å²) >= 11 is 0. The van der Waals surface area contributed by atoms with Crippen LogP contribution < -0.4 is 0 Å². The molecule has 3 heterocycles. The summed E-state index contributed by atoms with van der Waals surface area (Å²) in [6.45, 7) is 4.88. The maximum absolute atomic E-state index is 13.1. The van der Waals surface area contributed by atoms with Gasteiger partial charge in [-0.15, -0.1) is 0 Å². The SMILES string of the molecule is O=C(O)C[C@@H]1CC[C@@H](N2CC3(COC3)CC3(COC3)C2)[C@H](c2ccc(C(F)(F)F)cc2)C1. The van der Waals surface area contributed by atoms with Gasteiger partial charge in [-0.25, -0.2) is 0 Å². The number of piperidine rings is 1. The van der Waals surface area contributed by atoms with Gasteiger partial charge in [0.05, 0.1) is 32.0 Å². The lowest BCUT2D eigenvalue weighted by Gasteiger charge is -2.61. The molecule has 3 saturated heterocycles. The molecule has 4 aliphatic rings. The van der Waals surface area contributed by atoms with Crippen LogP contribution in [-0.2, 0) is 20.4 Å². The summed E-state index contributed by atoms with van der Waals surface area (Å²) in [5.41, 5.74) is 0.515. The Balaban J connectivity index is 1.42. The van der Waals surface area contributed by atoms with Crippen LogP contribution in [0.4, 0.5) is 13.2 Å². The standard InChI is InChI=1S/C24H30F3NO4/c25-24(26,27)18-4-2-17(3-5-18)19-7-16(8-21(29)30)1-6-20(19)28-10-22(12-31-13-22)9-23(11-28)14-32-15-23/h2-5,16,19-20H,1,6-15H2,(H,29,30)/t16-,19+,20-/m1/s1. The Morgan fingerprint density at radius 2 is 1.62 bits per heavy atom. The summed E-state index contributed by atoms with van der Waals surface area (Å²) in [5, 5.41) is 9.32. The molecule has 1 aromatic carbocycles. The molecule has 176 valence electrons. The highest BCUT2D eigenvalue weighted by atomic mass is 19.4. The number of nitrogens with zero attached hydrogens (tertiary/aromatic N) is 1. The molecule has 3 atom stereocenters. The Labute approximate surface area is 185 Å². The predicted molar refractivity (Wildman–Crippen MR) is 110 cm³/mol. The first-order chi connectivity index (χ1) is 15.2. The molecule has 32 heavy (non-hydrogen) atoms. The molecule has 5 nitrogen and oxygen atoms in total. The smallest absolute Gasteiger partial charge is 0.416 e. The van der Waals surface area contributed by atoms with Gasteiger partial charge in [0.15, 0.2) is 0 Å². The molecule has 3 aliphatic heterocycles. The second-order valence-electron chi connectivity index (χ2n) is 10.6. The zero-order valence-corrected chi connectivity index (χ0v) is 18.1. The van der Waals surface area contributed by atoms with Crippen molar-refractivity contribution >= 4 is 5.97 Å². The Morgan fingerprint density at radius 3 is 2.09 bits per heavy atom. The number of halogens is 3. The topological polar surface area (TPSA) is 59.0 Å². The first-order valence-electron chi connectivity index (χ1n) is 11.5. The van der Waals surface area contributed by atoms with E-state index >= 15 is 0 Å². The number of rotatable bonds is 4. The first-order valence-corrected chi connectivity index (χ1v) is 11.5. The van der Waals surface area contributed by atoms with Crippen molar-refractivity contribution in [2.45, 2.75) is 50.2 Å². The molecule has 8 heteroatoms. The van der Waals surface area contributed by atoms with E-state index in [2.05, 4.69) is 4.90 Å². The number of ether oxygens (including phenoxy) is 2. The summed E-state index contributed by atoms with van der Waals surface area (Å²) in [5.74, 6) is -0.749. The fraction of sp³-hybridized carbons (Fsp3) is 0.708. The lowest BCUT2D eigenvalue weighted by molar-refractivity contribution is -0.234. The Kier molecular flexibility index (Phi) is 5.54. The fourth-order valence-corrected chi connectivity index (χ4v) is 6.62. The number of hydrogen-bond donors (Lipinski definition) is 1. The molecule has 0 bridgehead atoms. The van der Waals surface area contributed by atoms with Crippen molar-refractivity contribution in [3.63, 3.8) is 0 Å². The zero-order valence-electron chi connectivity index (χ0n) is 18.1. The van der Waals surface area contributed by atoms with Gasteiger partial charge in [-0.2, -0.15) is 13.2 Å². The third kappa shape index (κ3) is 4.17. The highest BCUT2D eigenvalue weighted by Crippen LogP contribution is 2.51. The molecule has 0 radical (unpaired) electrons. The van der Waals surface area contributed by atoms with Gasteiger partial charge in [-0.3, -0.25) is 9.69 Å². The average molecular weight is 454 g/mol. The minimum atomic E-state index is -4.36. The number of hydrogen-bond acceptors (Lipinski definition) is 4. The van der Waals surface area contributed by atoms with Crippen LogP contribution in [0.5, 0.6) is 0 Å². The van der Waals surface area contributed by atoms with E-state index in [-0.39, 0.29) is 35.1 Å². The highest BCUT2D eigenvalue weighted by molar-refractivity contribution is 5.67. The van der Waals surface area contributed by atoms with Crippen LogP contribution in [0.15, 0.2) is 24.3 Å². The Morgan fingerprint density at radius 1 is 1.03 bits per heavy atom. The maximum atomic E-state index is 13.1. The molecule has 0 aromatic heterocycles. The van der Waals surface area contributed by atoms with E-state index in [1.54, 1.807) is 12.1 Å². The van der Waals surface area contributed by atoms with Crippen molar-refractivity contribution in [1.29, 1.82) is 0 Å². The number of carbonyl (C=O) groups is 1. The van der Waals surface area contributed by atoms with Crippen LogP contribution in [0.2, 0.25) is 0 Å². The second-order valence-corrected chi connectivity index (χ2v) is 10.6. The Hall–Kier alpha value is -1.64. The first kappa shape index (κ1) is 22.2. The summed E-state index contributed by atoms with van der Waals surface area (Å²) in [4.78, 5) is 13.9. The molecular formula is C24H30F3NO4. The van der Waals surface area contributed by atoms with Crippen LogP contribution in [0.3, 0.4) is 0 Å². The van der Waals surface area contributed by atoms with Crippen molar-refractivity contribution in [3.8, 4) is 0 Å². The molecule has 5 rings (SSSR count). The van der Waals surface area contributed by atoms with Crippen LogP contribution in [-0.4, -0.2) is 61.5 Å². The maximum Gasteiger partial charge on any atom is 0.416 e. The van der Waals surface area contributed by atoms with Crippen molar-refractivity contribution in [1.82, 2.24) is 4.90 Å².